The van der Waals surface area contributed by atoms with Crippen molar-refractivity contribution in [2.24, 2.45) is 0 Å². The average Bonchev–Trinajstić information content (AvgIpc) is 3.03. The van der Waals surface area contributed by atoms with Crippen molar-refractivity contribution in [2.45, 2.75) is 22.1 Å². The number of carbonyl (C=O) groups excluding carboxylic acids is 2. The summed E-state index contributed by atoms with van der Waals surface area (Å²) >= 11 is 13.5. The maximum atomic E-state index is 14.7. The quantitative estimate of drug-likeness (QED) is 0.177. The third-order valence-electron chi connectivity index (χ3n) is 6.46. The van der Waals surface area contributed by atoms with Crippen LogP contribution in [0, 0.1) is 29.1 Å². The average molecular weight is 564 g/mol. The molecule has 1 aliphatic heterocycles. The van der Waals surface area contributed by atoms with Crippen molar-refractivity contribution >= 4 is 40.7 Å². The molecule has 0 aromatic heterocycles. The fourth-order valence-corrected chi connectivity index (χ4v) is 5.49. The molecule has 2 aliphatic rings. The Morgan fingerprint density at radius 3 is 1.92 bits per heavy atom. The first-order valence-corrected chi connectivity index (χ1v) is 11.1. The third kappa shape index (κ3) is 3.36. The highest BCUT2D eigenvalue weighted by atomic mass is 35.5. The van der Waals surface area contributed by atoms with Crippen LogP contribution >= 0.6 is 23.2 Å². The maximum absolute atomic E-state index is 14.7. The van der Waals surface area contributed by atoms with Crippen molar-refractivity contribution in [2.75, 3.05) is 19.1 Å². The predicted octanol–water partition coefficient (Wildman–Crippen LogP) is 5.23. The summed E-state index contributed by atoms with van der Waals surface area (Å²) in [7, 11) is 2.45. The molecule has 2 aromatic carbocycles. The highest BCUT2D eigenvalue weighted by molar-refractivity contribution is 6.58. The highest BCUT2D eigenvalue weighted by Crippen LogP contribution is 2.61. The zero-order valence-corrected chi connectivity index (χ0v) is 20.5. The van der Waals surface area contributed by atoms with Crippen LogP contribution in [0.4, 0.5) is 27.6 Å². The van der Waals surface area contributed by atoms with E-state index >= 15 is 0 Å². The molecule has 0 spiro atoms. The van der Waals surface area contributed by atoms with Crippen LogP contribution in [-0.4, -0.2) is 40.9 Å². The molecule has 13 heteroatoms. The van der Waals surface area contributed by atoms with Crippen LogP contribution in [0.1, 0.15) is 17.9 Å². The van der Waals surface area contributed by atoms with Gasteiger partial charge in [0.2, 0.25) is 11.6 Å². The third-order valence-corrected chi connectivity index (χ3v) is 7.88. The van der Waals surface area contributed by atoms with E-state index in [-0.39, 0.29) is 27.5 Å². The summed E-state index contributed by atoms with van der Waals surface area (Å²) in [5, 5.41) is 10.3. The molecule has 196 valence electrons. The number of alkyl halides is 2. The molecular formula is C24H16Cl2F5NO5. The molecule has 1 aliphatic carbocycles. The van der Waals surface area contributed by atoms with Crippen LogP contribution in [0.15, 0.2) is 36.4 Å². The van der Waals surface area contributed by atoms with Crippen LogP contribution in [0.5, 0.6) is 17.2 Å². The molecular weight excluding hydrogens is 548 g/mol. The molecule has 2 amide bonds. The van der Waals surface area contributed by atoms with E-state index < -0.39 is 74.4 Å². The molecule has 1 saturated heterocycles. The summed E-state index contributed by atoms with van der Waals surface area (Å²) in [5.41, 5.74) is -1.47. The second kappa shape index (κ2) is 8.91. The Balaban J connectivity index is 2.02. The van der Waals surface area contributed by atoms with Crippen LogP contribution in [0.2, 0.25) is 0 Å². The molecule has 1 N–H and O–H groups in total. The van der Waals surface area contributed by atoms with Gasteiger partial charge in [-0.1, -0.05) is 18.7 Å². The standard InChI is InChI=1S/C24H16Cl2F5NO5/c1-4-9-5-6-23(25)21(34)32(19-17(30)15(28)14(27)16(29)18(19)31)22(35)24(23,26)13(9)10-7-11(36-2)20(33)12(8-10)37-3/h4-5,7-8,13,33H,1,6H2,2-3H3/t13-,23-,24+/m1/s1. The summed E-state index contributed by atoms with van der Waals surface area (Å²) in [6, 6.07) is 2.51. The molecule has 1 heterocycles. The Morgan fingerprint density at radius 1 is 0.973 bits per heavy atom. The number of methoxy groups -OCH3 is 2. The number of benzene rings is 2. The molecule has 0 radical (unpaired) electrons. The van der Waals surface area contributed by atoms with Gasteiger partial charge in [-0.25, -0.2) is 26.9 Å². The number of phenols is 1. The molecule has 2 aromatic rings. The number of phenolic OH excluding ortho intramolecular Hbond substituents is 1. The van der Waals surface area contributed by atoms with Gasteiger partial charge in [0.05, 0.1) is 14.2 Å². The fourth-order valence-electron chi connectivity index (χ4n) is 4.65. The maximum Gasteiger partial charge on any atom is 0.258 e. The molecule has 6 nitrogen and oxygen atoms in total. The molecule has 37 heavy (non-hydrogen) atoms. The number of anilines is 1. The normalized spacial score (nSPS) is 25.2. The van der Waals surface area contributed by atoms with E-state index in [4.69, 9.17) is 32.7 Å². The lowest BCUT2D eigenvalue weighted by molar-refractivity contribution is -0.122. The zero-order valence-electron chi connectivity index (χ0n) is 19.0. The van der Waals surface area contributed by atoms with Crippen molar-refractivity contribution in [3.05, 3.63) is 71.1 Å². The van der Waals surface area contributed by atoms with Crippen molar-refractivity contribution in [1.29, 1.82) is 0 Å². The Hall–Kier alpha value is -3.31. The topological polar surface area (TPSA) is 76.1 Å². The van der Waals surface area contributed by atoms with Crippen LogP contribution in [0.3, 0.4) is 0 Å². The Morgan fingerprint density at radius 2 is 1.46 bits per heavy atom. The molecule has 1 fully saturated rings. The molecule has 0 unspecified atom stereocenters. The number of carbonyl (C=O) groups is 2. The number of rotatable bonds is 5. The molecule has 4 rings (SSSR count). The second-order valence-corrected chi connectivity index (χ2v) is 9.44. The SMILES string of the molecule is C=CC1=CC[C@@]2(Cl)C(=O)N(c3c(F)c(F)c(F)c(F)c3F)C(=O)[C@@]2(Cl)[C@H]1c1cc(OC)c(O)c(OC)c1. The molecule has 0 bridgehead atoms. The van der Waals surface area contributed by atoms with Crippen molar-refractivity contribution < 1.29 is 46.1 Å². The van der Waals surface area contributed by atoms with E-state index in [1.165, 1.54) is 38.5 Å². The van der Waals surface area contributed by atoms with Gasteiger partial charge in [0.15, 0.2) is 44.5 Å². The predicted molar refractivity (Wildman–Crippen MR) is 123 cm³/mol. The van der Waals surface area contributed by atoms with E-state index in [1.54, 1.807) is 0 Å². The van der Waals surface area contributed by atoms with Gasteiger partial charge in [-0.05, 0) is 29.7 Å². The van der Waals surface area contributed by atoms with Crippen LogP contribution in [-0.2, 0) is 9.59 Å². The smallest absolute Gasteiger partial charge is 0.258 e. The minimum Gasteiger partial charge on any atom is -0.502 e. The number of hydrogen-bond acceptors (Lipinski definition) is 5. The first kappa shape index (κ1) is 26.7. The summed E-state index contributed by atoms with van der Waals surface area (Å²) in [6.07, 6.45) is 2.22. The molecule has 0 saturated carbocycles. The number of ether oxygens (including phenoxy) is 2. The van der Waals surface area contributed by atoms with Gasteiger partial charge in [-0.15, -0.1) is 23.2 Å². The summed E-state index contributed by atoms with van der Waals surface area (Å²) in [5.74, 6) is -17.1. The minimum absolute atomic E-state index is 0.0952. The van der Waals surface area contributed by atoms with Gasteiger partial charge in [-0.2, -0.15) is 0 Å². The lowest BCUT2D eigenvalue weighted by Gasteiger charge is -2.42. The number of amides is 2. The molecule has 3 atom stereocenters. The lowest BCUT2D eigenvalue weighted by atomic mass is 9.68. The van der Waals surface area contributed by atoms with Crippen LogP contribution in [0.25, 0.3) is 0 Å². The Bertz CT molecular complexity index is 1360. The van der Waals surface area contributed by atoms with Crippen molar-refractivity contribution in [3.63, 3.8) is 0 Å². The number of hydrogen-bond donors (Lipinski definition) is 1. The first-order chi connectivity index (χ1) is 17.3. The largest absolute Gasteiger partial charge is 0.502 e. The minimum atomic E-state index is -2.56. The number of nitrogens with zero attached hydrogens (tertiary/aromatic N) is 1. The van der Waals surface area contributed by atoms with Gasteiger partial charge in [0.25, 0.3) is 11.8 Å². The van der Waals surface area contributed by atoms with Gasteiger partial charge in [0.1, 0.15) is 5.69 Å². The number of fused-ring (bicyclic) bond motifs is 1. The van der Waals surface area contributed by atoms with Gasteiger partial charge in [0, 0.05) is 5.92 Å². The number of aromatic hydroxyl groups is 1. The second-order valence-electron chi connectivity index (χ2n) is 8.20. The fraction of sp³-hybridized carbons (Fsp3) is 0.250. The van der Waals surface area contributed by atoms with E-state index in [0.29, 0.717) is 0 Å². The van der Waals surface area contributed by atoms with Crippen LogP contribution < -0.4 is 14.4 Å². The van der Waals surface area contributed by atoms with E-state index in [9.17, 15) is 36.6 Å². The van der Waals surface area contributed by atoms with E-state index in [1.807, 2.05) is 0 Å². The summed E-state index contributed by atoms with van der Waals surface area (Å²) < 4.78 is 81.3. The van der Waals surface area contributed by atoms with Gasteiger partial charge >= 0.3 is 0 Å². The lowest BCUT2D eigenvalue weighted by Crippen LogP contribution is -2.54. The Kier molecular flexibility index (Phi) is 6.44. The van der Waals surface area contributed by atoms with Crippen molar-refractivity contribution in [1.82, 2.24) is 0 Å². The zero-order chi connectivity index (χ0) is 27.6. The number of allylic oxidation sites excluding steroid dienone is 3. The summed E-state index contributed by atoms with van der Waals surface area (Å²) in [6.45, 7) is 3.66. The van der Waals surface area contributed by atoms with Crippen molar-refractivity contribution in [3.8, 4) is 17.2 Å². The van der Waals surface area contributed by atoms with E-state index in [2.05, 4.69) is 6.58 Å². The van der Waals surface area contributed by atoms with Gasteiger partial charge in [-0.3, -0.25) is 9.59 Å². The highest BCUT2D eigenvalue weighted by Gasteiger charge is 2.73. The number of halogens is 7. The summed E-state index contributed by atoms with van der Waals surface area (Å²) in [4.78, 5) is 22.0. The van der Waals surface area contributed by atoms with Gasteiger partial charge < -0.3 is 14.6 Å². The van der Waals surface area contributed by atoms with E-state index in [0.717, 1.165) is 0 Å². The number of imide groups is 1. The first-order valence-electron chi connectivity index (χ1n) is 10.4. The Labute approximate surface area is 216 Å². The monoisotopic (exact) mass is 563 g/mol.